The number of nitrogens with zero attached hydrogens (tertiary/aromatic N) is 3. The molecular formula is C47H81N9O20. The van der Waals surface area contributed by atoms with E-state index in [0.717, 1.165) is 19.4 Å². The van der Waals surface area contributed by atoms with E-state index in [2.05, 4.69) is 20.6 Å². The van der Waals surface area contributed by atoms with Gasteiger partial charge in [0.1, 0.15) is 43.7 Å². The first-order valence-corrected chi connectivity index (χ1v) is 25.1. The molecule has 3 amide bonds. The fourth-order valence-corrected chi connectivity index (χ4v) is 7.81. The van der Waals surface area contributed by atoms with Gasteiger partial charge in [0, 0.05) is 45.5 Å². The normalized spacial score (nSPS) is 20.7. The number of aliphatic hydroxyl groups is 4. The number of carbonyl (C=O) groups is 6. The summed E-state index contributed by atoms with van der Waals surface area (Å²) in [6.45, 7) is 5.50. The highest BCUT2D eigenvalue weighted by molar-refractivity contribution is 5.86. The van der Waals surface area contributed by atoms with Crippen molar-refractivity contribution >= 4 is 47.4 Å². The minimum Gasteiger partial charge on any atom is -0.480 e. The van der Waals surface area contributed by atoms with Crippen LogP contribution in [0, 0.1) is 5.92 Å². The number of rotatable bonds is 41. The number of amides is 3. The zero-order valence-corrected chi connectivity index (χ0v) is 43.5. The Bertz CT molecular complexity index is 1920. The number of nitrogens with one attached hydrogen (secondary N) is 2. The standard InChI is InChI=1S/C47H81N9O20/c1-4-14-69-16-18-71-20-21-72-19-17-70-15-10-38(64)56(12-7-5-9-30(60)26-73-41(33(61)24-57)40-28(2)31(54-46(48)49)22-35(75-40)44(65)66)13-8-6-11-52-37(63)27-74-42(34(62)25-58)43-39(53-29(3)59)32(55-47(50)51)23-36(76-43)45(67)68/h22-23,28,31-34,39-43,57-58,61-62H,4-21,24-27H2,1-3H3,(H,52,63)(H,53,59)(H,65,66)(H,67,68)(H4,48,49,54)(H4,50,51,55)/t28-,31+,32+,33-,34-,39-,40-,41-,42-,43-/m1/s1. The molecule has 10 atom stereocenters. The van der Waals surface area contributed by atoms with Crippen LogP contribution in [0.3, 0.4) is 0 Å². The van der Waals surface area contributed by atoms with Crippen LogP contribution < -0.4 is 33.6 Å². The maximum atomic E-state index is 13.5. The Morgan fingerprint density at radius 3 is 1.70 bits per heavy atom. The third-order valence-electron chi connectivity index (χ3n) is 11.5. The summed E-state index contributed by atoms with van der Waals surface area (Å²) in [6.07, 6.45) is -4.22. The number of hydrogen-bond acceptors (Lipinski definition) is 20. The molecule has 2 aliphatic heterocycles. The molecule has 0 fully saturated rings. The quantitative estimate of drug-likeness (QED) is 0.0157. The second kappa shape index (κ2) is 37.1. The summed E-state index contributed by atoms with van der Waals surface area (Å²) in [5.41, 5.74) is 22.2. The average molecular weight is 1090 g/mol. The molecule has 2 aliphatic rings. The molecule has 29 heteroatoms. The van der Waals surface area contributed by atoms with E-state index < -0.39 is 128 Å². The van der Waals surface area contributed by atoms with E-state index in [1.165, 1.54) is 6.08 Å². The summed E-state index contributed by atoms with van der Waals surface area (Å²) in [5, 5.41) is 65.6. The predicted molar refractivity (Wildman–Crippen MR) is 269 cm³/mol. The highest BCUT2D eigenvalue weighted by Crippen LogP contribution is 2.31. The van der Waals surface area contributed by atoms with Crippen molar-refractivity contribution in [3.8, 4) is 0 Å². The molecule has 76 heavy (non-hydrogen) atoms. The Labute approximate surface area is 441 Å². The fraction of sp³-hybridized carbons (Fsp3) is 0.745. The van der Waals surface area contributed by atoms with Crippen molar-refractivity contribution in [2.75, 3.05) is 98.9 Å². The van der Waals surface area contributed by atoms with Gasteiger partial charge in [-0.3, -0.25) is 19.2 Å². The summed E-state index contributed by atoms with van der Waals surface area (Å²) in [7, 11) is 0. The number of carbonyl (C=O) groups excluding carboxylic acids is 4. The van der Waals surface area contributed by atoms with E-state index in [9.17, 15) is 59.4 Å². The number of carboxylic acid groups (broad SMARTS) is 2. The molecule has 0 aromatic carbocycles. The molecule has 2 heterocycles. The number of unbranched alkanes of at least 4 members (excludes halogenated alkanes) is 2. The van der Waals surface area contributed by atoms with E-state index in [0.29, 0.717) is 58.7 Å². The molecule has 434 valence electrons. The number of aliphatic hydroxyl groups excluding tert-OH is 4. The lowest BCUT2D eigenvalue weighted by Gasteiger charge is -2.40. The van der Waals surface area contributed by atoms with Crippen molar-refractivity contribution in [2.24, 2.45) is 38.8 Å². The van der Waals surface area contributed by atoms with E-state index in [1.807, 2.05) is 6.92 Å². The Morgan fingerprint density at radius 1 is 0.684 bits per heavy atom. The van der Waals surface area contributed by atoms with Crippen LogP contribution in [-0.4, -0.2) is 237 Å². The van der Waals surface area contributed by atoms with Crippen LogP contribution in [0.1, 0.15) is 65.7 Å². The third kappa shape index (κ3) is 25.4. The smallest absolute Gasteiger partial charge is 0.370 e. The Kier molecular flexibility index (Phi) is 32.4. The van der Waals surface area contributed by atoms with E-state index in [-0.39, 0.29) is 69.9 Å². The van der Waals surface area contributed by atoms with Gasteiger partial charge in [0.2, 0.25) is 29.2 Å². The van der Waals surface area contributed by atoms with E-state index in [1.54, 1.807) is 11.8 Å². The molecule has 0 spiro atoms. The van der Waals surface area contributed by atoms with Gasteiger partial charge in [-0.25, -0.2) is 19.6 Å². The summed E-state index contributed by atoms with van der Waals surface area (Å²) >= 11 is 0. The second-order valence-corrected chi connectivity index (χ2v) is 17.7. The third-order valence-corrected chi connectivity index (χ3v) is 11.5. The van der Waals surface area contributed by atoms with Crippen LogP contribution in [0.15, 0.2) is 33.7 Å². The molecule has 2 rings (SSSR count). The van der Waals surface area contributed by atoms with Gasteiger partial charge in [-0.1, -0.05) is 13.8 Å². The molecule has 16 N–H and O–H groups in total. The minimum absolute atomic E-state index is 0.00205. The number of guanidine groups is 2. The van der Waals surface area contributed by atoms with E-state index in [4.69, 9.17) is 60.8 Å². The lowest BCUT2D eigenvalue weighted by atomic mass is 9.87. The number of carboxylic acids is 2. The predicted octanol–water partition coefficient (Wildman–Crippen LogP) is -4.05. The van der Waals surface area contributed by atoms with Gasteiger partial charge < -0.3 is 107 Å². The zero-order chi connectivity index (χ0) is 56.6. The first kappa shape index (κ1) is 66.4. The van der Waals surface area contributed by atoms with Gasteiger partial charge in [-0.2, -0.15) is 0 Å². The van der Waals surface area contributed by atoms with E-state index >= 15 is 0 Å². The maximum absolute atomic E-state index is 13.5. The van der Waals surface area contributed by atoms with Crippen molar-refractivity contribution in [1.29, 1.82) is 0 Å². The van der Waals surface area contributed by atoms with Crippen LogP contribution in [0.25, 0.3) is 0 Å². The minimum atomic E-state index is -1.73. The van der Waals surface area contributed by atoms with Crippen LogP contribution in [0.2, 0.25) is 0 Å². The fourth-order valence-electron chi connectivity index (χ4n) is 7.81. The van der Waals surface area contributed by atoms with Crippen LogP contribution in [0.5, 0.6) is 0 Å². The van der Waals surface area contributed by atoms with Gasteiger partial charge in [0.05, 0.1) is 84.0 Å². The molecule has 0 bridgehead atoms. The lowest BCUT2D eigenvalue weighted by molar-refractivity contribution is -0.159. The number of aliphatic imine (C=N–C) groups is 2. The van der Waals surface area contributed by atoms with Crippen molar-refractivity contribution < 1.29 is 97.3 Å². The number of ether oxygens (including phenoxy) is 8. The van der Waals surface area contributed by atoms with Gasteiger partial charge in [0.25, 0.3) is 0 Å². The molecule has 0 aromatic rings. The van der Waals surface area contributed by atoms with Gasteiger partial charge in [-0.05, 0) is 44.3 Å². The molecule has 0 radical (unpaired) electrons. The van der Waals surface area contributed by atoms with Crippen molar-refractivity contribution in [1.82, 2.24) is 15.5 Å². The summed E-state index contributed by atoms with van der Waals surface area (Å²) in [4.78, 5) is 85.1. The molecule has 0 saturated heterocycles. The van der Waals surface area contributed by atoms with Crippen molar-refractivity contribution in [2.45, 2.75) is 120 Å². The van der Waals surface area contributed by atoms with Crippen LogP contribution in [0.4, 0.5) is 0 Å². The molecule has 0 unspecified atom stereocenters. The first-order valence-electron chi connectivity index (χ1n) is 25.1. The Hall–Kier alpha value is -5.76. The molecular weight excluding hydrogens is 1010 g/mol. The molecule has 0 aromatic heterocycles. The largest absolute Gasteiger partial charge is 0.480 e. The second-order valence-electron chi connectivity index (χ2n) is 17.7. The number of hydrogen-bond donors (Lipinski definition) is 12. The first-order chi connectivity index (χ1) is 36.2. The number of ketones is 1. The Balaban J connectivity index is 2.02. The average Bonchev–Trinajstić information content (AvgIpc) is 3.36. The van der Waals surface area contributed by atoms with Crippen molar-refractivity contribution in [3.63, 3.8) is 0 Å². The molecule has 0 saturated carbocycles. The summed E-state index contributed by atoms with van der Waals surface area (Å²) in [5.74, 6) is -7.43. The monoisotopic (exact) mass is 1090 g/mol. The van der Waals surface area contributed by atoms with Gasteiger partial charge in [0.15, 0.2) is 23.8 Å². The number of aliphatic carboxylic acids is 2. The van der Waals surface area contributed by atoms with Gasteiger partial charge in [-0.15, -0.1) is 0 Å². The summed E-state index contributed by atoms with van der Waals surface area (Å²) < 4.78 is 44.6. The number of Topliss-reactive ketones (excluding diaryl/α,β-unsaturated/α-hetero) is 1. The zero-order valence-electron chi connectivity index (χ0n) is 43.5. The van der Waals surface area contributed by atoms with Crippen LogP contribution >= 0.6 is 0 Å². The summed E-state index contributed by atoms with van der Waals surface area (Å²) in [6, 6.07) is -3.30. The molecule has 29 nitrogen and oxygen atoms in total. The lowest BCUT2D eigenvalue weighted by Crippen LogP contribution is -2.60. The topological polar surface area (TPSA) is 454 Å². The highest BCUT2D eigenvalue weighted by atomic mass is 16.6. The number of nitrogens with two attached hydrogens (primary N) is 4. The van der Waals surface area contributed by atoms with Crippen LogP contribution in [-0.2, 0) is 66.7 Å². The highest BCUT2D eigenvalue weighted by Gasteiger charge is 2.46. The van der Waals surface area contributed by atoms with Crippen molar-refractivity contribution in [3.05, 3.63) is 23.7 Å². The molecule has 0 aliphatic carbocycles. The Morgan fingerprint density at radius 2 is 1.17 bits per heavy atom. The van der Waals surface area contributed by atoms with Gasteiger partial charge >= 0.3 is 11.9 Å². The SMILES string of the molecule is CCCOCCOCCOCCOCCC(=O)N(CCCCNC(=O)CO[C@@H]([C@@H]1OC(C(=O)O)=C[C@H](N=C(N)N)[C@H]1NC(C)=O)[C@H](O)CO)CCCCC(=O)CO[C@@H]([C@@H]1OC(C(=O)O)=C[C@H](N=C(N)N)[C@H]1C)[C@H](O)CO. The maximum Gasteiger partial charge on any atom is 0.370 e.